The number of fused-ring (bicyclic) bond motifs is 1. The average Bonchev–Trinajstić information content (AvgIpc) is 3.28. The fraction of sp³-hybridized carbons (Fsp3) is 0.348. The molecule has 0 aliphatic carbocycles. The van der Waals surface area contributed by atoms with Gasteiger partial charge in [-0.25, -0.2) is 0 Å². The zero-order chi connectivity index (χ0) is 17.9. The van der Waals surface area contributed by atoms with Crippen LogP contribution < -0.4 is 0 Å². The lowest BCUT2D eigenvalue weighted by Gasteiger charge is -2.17. The van der Waals surface area contributed by atoms with E-state index in [1.165, 1.54) is 11.1 Å². The van der Waals surface area contributed by atoms with Crippen LogP contribution in [0.4, 0.5) is 0 Å². The highest BCUT2D eigenvalue weighted by atomic mass is 16.1. The van der Waals surface area contributed by atoms with Crippen LogP contribution >= 0.6 is 0 Å². The second-order valence-corrected chi connectivity index (χ2v) is 7.42. The van der Waals surface area contributed by atoms with Gasteiger partial charge in [0.2, 0.25) is 0 Å². The van der Waals surface area contributed by atoms with E-state index in [4.69, 9.17) is 0 Å². The van der Waals surface area contributed by atoms with Crippen molar-refractivity contribution in [3.63, 3.8) is 0 Å². The van der Waals surface area contributed by atoms with Crippen molar-refractivity contribution in [2.45, 2.75) is 38.1 Å². The van der Waals surface area contributed by atoms with E-state index in [9.17, 15) is 4.79 Å². The van der Waals surface area contributed by atoms with E-state index >= 15 is 0 Å². The maximum Gasteiger partial charge on any atom is 0.182 e. The number of Topliss-reactive ketones (excluding diaryl/α,β-unsaturated/α-hetero) is 1. The molecule has 0 radical (unpaired) electrons. The molecule has 2 aromatic carbocycles. The summed E-state index contributed by atoms with van der Waals surface area (Å²) >= 11 is 0. The van der Waals surface area contributed by atoms with Gasteiger partial charge in [-0.2, -0.15) is 0 Å². The zero-order valence-corrected chi connectivity index (χ0v) is 15.4. The smallest absolute Gasteiger partial charge is 0.182 e. The molecule has 1 aliphatic heterocycles. The molecule has 26 heavy (non-hydrogen) atoms. The Morgan fingerprint density at radius 1 is 1.12 bits per heavy atom. The van der Waals surface area contributed by atoms with Crippen molar-refractivity contribution in [3.8, 4) is 0 Å². The first-order valence-corrected chi connectivity index (χ1v) is 9.61. The maximum absolute atomic E-state index is 13.0. The summed E-state index contributed by atoms with van der Waals surface area (Å²) in [6, 6.07) is 17.2. The number of likely N-dealkylation sites (N-methyl/N-ethyl adjacent to an activating group) is 1. The molecule has 1 fully saturated rings. The molecular weight excluding hydrogens is 320 g/mol. The highest BCUT2D eigenvalue weighted by Crippen LogP contribution is 2.26. The molecule has 134 valence electrons. The van der Waals surface area contributed by atoms with Gasteiger partial charge in [0.1, 0.15) is 0 Å². The van der Waals surface area contributed by atoms with E-state index in [-0.39, 0.29) is 11.8 Å². The van der Waals surface area contributed by atoms with Crippen LogP contribution in [-0.4, -0.2) is 35.3 Å². The van der Waals surface area contributed by atoms with Gasteiger partial charge in [-0.05, 0) is 69.0 Å². The number of aromatic nitrogens is 1. The monoisotopic (exact) mass is 346 g/mol. The number of rotatable bonds is 6. The molecular formula is C23H26N2O. The van der Waals surface area contributed by atoms with Crippen molar-refractivity contribution in [1.29, 1.82) is 0 Å². The molecule has 0 unspecified atom stereocenters. The number of likely N-dealkylation sites (tertiary alicyclic amines) is 1. The number of benzene rings is 2. The van der Waals surface area contributed by atoms with Gasteiger partial charge in [0, 0.05) is 22.7 Å². The van der Waals surface area contributed by atoms with Gasteiger partial charge in [-0.15, -0.1) is 0 Å². The number of hydrogen-bond donors (Lipinski definition) is 1. The normalized spacial score (nSPS) is 17.8. The minimum Gasteiger partial charge on any atom is -0.360 e. The molecule has 1 aliphatic rings. The summed E-state index contributed by atoms with van der Waals surface area (Å²) in [7, 11) is 2.05. The lowest BCUT2D eigenvalue weighted by molar-refractivity contribution is 0.0892. The predicted molar refractivity (Wildman–Crippen MR) is 107 cm³/mol. The molecule has 1 atom stereocenters. The fourth-order valence-electron chi connectivity index (χ4n) is 4.09. The summed E-state index contributed by atoms with van der Waals surface area (Å²) in [4.78, 5) is 18.4. The van der Waals surface area contributed by atoms with Crippen LogP contribution in [0.2, 0.25) is 0 Å². The first kappa shape index (κ1) is 17.0. The van der Waals surface area contributed by atoms with E-state index in [2.05, 4.69) is 65.5 Å². The topological polar surface area (TPSA) is 36.1 Å². The van der Waals surface area contributed by atoms with E-state index in [1.807, 2.05) is 6.20 Å². The third kappa shape index (κ3) is 3.45. The summed E-state index contributed by atoms with van der Waals surface area (Å²) in [5.41, 5.74) is 4.60. The Morgan fingerprint density at radius 3 is 2.69 bits per heavy atom. The molecule has 0 amide bonds. The number of ketones is 1. The van der Waals surface area contributed by atoms with Gasteiger partial charge in [0.05, 0.1) is 6.04 Å². The SMILES string of the molecule is CN1CCC[C@@H]1C(=O)c1c[nH]c2ccc(CCCc3ccccc3)cc12. The molecule has 3 heteroatoms. The number of aromatic amines is 1. The Hall–Kier alpha value is -2.39. The Kier molecular flexibility index (Phi) is 4.89. The maximum atomic E-state index is 13.0. The molecule has 1 N–H and O–H groups in total. The summed E-state index contributed by atoms with van der Waals surface area (Å²) < 4.78 is 0. The third-order valence-electron chi connectivity index (χ3n) is 5.61. The van der Waals surface area contributed by atoms with Crippen LogP contribution in [-0.2, 0) is 12.8 Å². The Morgan fingerprint density at radius 2 is 1.92 bits per heavy atom. The highest BCUT2D eigenvalue weighted by molar-refractivity contribution is 6.10. The van der Waals surface area contributed by atoms with Crippen molar-refractivity contribution >= 4 is 16.7 Å². The van der Waals surface area contributed by atoms with Gasteiger partial charge in [-0.1, -0.05) is 36.4 Å². The van der Waals surface area contributed by atoms with Crippen LogP contribution in [0.5, 0.6) is 0 Å². The van der Waals surface area contributed by atoms with E-state index in [0.29, 0.717) is 0 Å². The minimum absolute atomic E-state index is 0.0377. The van der Waals surface area contributed by atoms with Crippen molar-refractivity contribution < 1.29 is 4.79 Å². The van der Waals surface area contributed by atoms with Gasteiger partial charge in [0.25, 0.3) is 0 Å². The zero-order valence-electron chi connectivity index (χ0n) is 15.4. The number of nitrogens with one attached hydrogen (secondary N) is 1. The van der Waals surface area contributed by atoms with Crippen LogP contribution in [0.1, 0.15) is 40.7 Å². The van der Waals surface area contributed by atoms with Crippen molar-refractivity contribution in [1.82, 2.24) is 9.88 Å². The van der Waals surface area contributed by atoms with Crippen LogP contribution in [0.3, 0.4) is 0 Å². The molecule has 1 saturated heterocycles. The van der Waals surface area contributed by atoms with Crippen LogP contribution in [0.15, 0.2) is 54.7 Å². The molecule has 1 aromatic heterocycles. The second-order valence-electron chi connectivity index (χ2n) is 7.42. The van der Waals surface area contributed by atoms with Crippen molar-refractivity contribution in [3.05, 3.63) is 71.4 Å². The minimum atomic E-state index is 0.0377. The van der Waals surface area contributed by atoms with Gasteiger partial charge in [0.15, 0.2) is 5.78 Å². The summed E-state index contributed by atoms with van der Waals surface area (Å²) in [6.07, 6.45) is 7.22. The number of aryl methyl sites for hydroxylation is 2. The number of H-pyrrole nitrogens is 1. The fourth-order valence-corrected chi connectivity index (χ4v) is 4.09. The first-order valence-electron chi connectivity index (χ1n) is 9.61. The van der Waals surface area contributed by atoms with E-state index in [1.54, 1.807) is 0 Å². The number of nitrogens with zero attached hydrogens (tertiary/aromatic N) is 1. The summed E-state index contributed by atoms with van der Waals surface area (Å²) in [5, 5.41) is 1.08. The molecule has 4 rings (SSSR count). The van der Waals surface area contributed by atoms with Crippen molar-refractivity contribution in [2.75, 3.05) is 13.6 Å². The molecule has 0 bridgehead atoms. The lowest BCUT2D eigenvalue weighted by Crippen LogP contribution is -2.32. The van der Waals surface area contributed by atoms with Crippen LogP contribution in [0, 0.1) is 0 Å². The predicted octanol–water partition coefficient (Wildman–Crippen LogP) is 4.62. The second kappa shape index (κ2) is 7.46. The quantitative estimate of drug-likeness (QED) is 0.661. The Labute approximate surface area is 155 Å². The van der Waals surface area contributed by atoms with E-state index < -0.39 is 0 Å². The molecule has 0 spiro atoms. The third-order valence-corrected chi connectivity index (χ3v) is 5.61. The Balaban J connectivity index is 1.50. The van der Waals surface area contributed by atoms with E-state index in [0.717, 1.165) is 55.1 Å². The van der Waals surface area contributed by atoms with Gasteiger partial charge in [-0.3, -0.25) is 9.69 Å². The molecule has 3 nitrogen and oxygen atoms in total. The molecule has 2 heterocycles. The molecule has 3 aromatic rings. The largest absolute Gasteiger partial charge is 0.360 e. The number of carbonyl (C=O) groups is 1. The van der Waals surface area contributed by atoms with Gasteiger partial charge >= 0.3 is 0 Å². The number of carbonyl (C=O) groups excluding carboxylic acids is 1. The summed E-state index contributed by atoms with van der Waals surface area (Å²) in [5.74, 6) is 0.262. The molecule has 0 saturated carbocycles. The summed E-state index contributed by atoms with van der Waals surface area (Å²) in [6.45, 7) is 1.02. The lowest BCUT2D eigenvalue weighted by atomic mass is 9.98. The van der Waals surface area contributed by atoms with Crippen LogP contribution in [0.25, 0.3) is 10.9 Å². The van der Waals surface area contributed by atoms with Crippen molar-refractivity contribution in [2.24, 2.45) is 0 Å². The Bertz CT molecular complexity index is 897. The van der Waals surface area contributed by atoms with Gasteiger partial charge < -0.3 is 4.98 Å². The highest BCUT2D eigenvalue weighted by Gasteiger charge is 2.29. The number of hydrogen-bond acceptors (Lipinski definition) is 2. The first-order chi connectivity index (χ1) is 12.7. The average molecular weight is 346 g/mol. The standard InChI is InChI=1S/C23H26N2O/c1-25-14-6-11-22(25)23(26)20-16-24-21-13-12-18(15-19(20)21)10-5-9-17-7-3-2-4-8-17/h2-4,7-8,12-13,15-16,22,24H,5-6,9-11,14H2,1H3/t22-/m1/s1.